The van der Waals surface area contributed by atoms with Crippen molar-refractivity contribution in [2.45, 2.75) is 43.9 Å². The Hall–Kier alpha value is 0.110. The highest BCUT2D eigenvalue weighted by molar-refractivity contribution is 9.09. The quantitative estimate of drug-likeness (QED) is 0.699. The van der Waals surface area contributed by atoms with Gasteiger partial charge in [-0.15, -0.1) is 11.3 Å². The van der Waals surface area contributed by atoms with Crippen molar-refractivity contribution in [1.82, 2.24) is 4.98 Å². The second-order valence-electron chi connectivity index (χ2n) is 4.82. The van der Waals surface area contributed by atoms with Gasteiger partial charge < -0.3 is 0 Å². The number of hydrogen-bond donors (Lipinski definition) is 0. The normalized spacial score (nSPS) is 31.6. The van der Waals surface area contributed by atoms with Crippen LogP contribution in [0.5, 0.6) is 0 Å². The van der Waals surface area contributed by atoms with Crippen LogP contribution in [-0.4, -0.2) is 9.81 Å². The molecule has 2 unspecified atom stereocenters. The Morgan fingerprint density at radius 1 is 1.57 bits per heavy atom. The highest BCUT2D eigenvalue weighted by Crippen LogP contribution is 2.49. The Bertz CT molecular complexity index is 294. The van der Waals surface area contributed by atoms with Gasteiger partial charge in [0.1, 0.15) is 0 Å². The van der Waals surface area contributed by atoms with Gasteiger partial charge in [0.25, 0.3) is 0 Å². The molecule has 1 nitrogen and oxygen atoms in total. The summed E-state index contributed by atoms with van der Waals surface area (Å²) in [6.07, 6.45) is 5.92. The summed E-state index contributed by atoms with van der Waals surface area (Å²) in [4.78, 5) is 6.35. The van der Waals surface area contributed by atoms with Crippen LogP contribution >= 0.6 is 27.3 Å². The van der Waals surface area contributed by atoms with Crippen LogP contribution in [0.4, 0.5) is 0 Å². The van der Waals surface area contributed by atoms with Gasteiger partial charge in [-0.25, -0.2) is 0 Å². The minimum atomic E-state index is 0.441. The third-order valence-corrected chi connectivity index (χ3v) is 5.05. The zero-order valence-corrected chi connectivity index (χ0v) is 11.1. The first kappa shape index (κ1) is 10.6. The average Bonchev–Trinajstić information content (AvgIpc) is 2.62. The van der Waals surface area contributed by atoms with Gasteiger partial charge in [-0.05, 0) is 24.7 Å². The van der Waals surface area contributed by atoms with Gasteiger partial charge >= 0.3 is 0 Å². The van der Waals surface area contributed by atoms with Gasteiger partial charge in [0.2, 0.25) is 0 Å². The van der Waals surface area contributed by atoms with Gasteiger partial charge in [0, 0.05) is 21.8 Å². The Labute approximate surface area is 98.1 Å². The molecule has 1 aliphatic rings. The fourth-order valence-corrected chi connectivity index (χ4v) is 3.84. The molecule has 0 aliphatic heterocycles. The van der Waals surface area contributed by atoms with Crippen LogP contribution in [0.25, 0.3) is 0 Å². The lowest BCUT2D eigenvalue weighted by molar-refractivity contribution is 0.208. The largest absolute Gasteiger partial charge is 0.253 e. The molecule has 1 heterocycles. The molecule has 2 atom stereocenters. The van der Waals surface area contributed by atoms with E-state index >= 15 is 0 Å². The molecule has 1 aromatic rings. The highest BCUT2D eigenvalue weighted by atomic mass is 79.9. The van der Waals surface area contributed by atoms with E-state index in [2.05, 4.69) is 34.8 Å². The average molecular weight is 274 g/mol. The molecule has 1 fully saturated rings. The Balaban J connectivity index is 2.22. The fourth-order valence-electron chi connectivity index (χ4n) is 2.29. The maximum Gasteiger partial charge on any atom is 0.0794 e. The molecule has 0 radical (unpaired) electrons. The summed E-state index contributed by atoms with van der Waals surface area (Å²) in [6, 6.07) is 0. The van der Waals surface area contributed by atoms with Gasteiger partial charge in [0.05, 0.1) is 5.51 Å². The molecule has 78 valence electrons. The van der Waals surface area contributed by atoms with Crippen LogP contribution in [0, 0.1) is 5.41 Å². The lowest BCUT2D eigenvalue weighted by Gasteiger charge is -2.40. The van der Waals surface area contributed by atoms with E-state index in [1.807, 2.05) is 11.7 Å². The first-order valence-electron chi connectivity index (χ1n) is 5.12. The fraction of sp³-hybridized carbons (Fsp3) is 0.727. The highest BCUT2D eigenvalue weighted by Gasteiger charge is 2.37. The summed E-state index contributed by atoms with van der Waals surface area (Å²) in [7, 11) is 0. The van der Waals surface area contributed by atoms with Gasteiger partial charge in [-0.2, -0.15) is 0 Å². The van der Waals surface area contributed by atoms with Crippen molar-refractivity contribution in [2.24, 2.45) is 5.41 Å². The monoisotopic (exact) mass is 273 g/mol. The second kappa shape index (κ2) is 3.93. The maximum atomic E-state index is 4.19. The first-order chi connectivity index (χ1) is 6.59. The van der Waals surface area contributed by atoms with Crippen molar-refractivity contribution in [3.05, 3.63) is 16.6 Å². The van der Waals surface area contributed by atoms with Crippen molar-refractivity contribution in [3.8, 4) is 0 Å². The standard InChI is InChI=1S/C11H16BrNS/c1-11(2)4-3-8(12)5-9(11)10-6-13-7-14-10/h6-9H,3-5H2,1-2H3. The summed E-state index contributed by atoms with van der Waals surface area (Å²) in [5.74, 6) is 0.688. The number of alkyl halides is 1. The molecule has 1 aromatic heterocycles. The summed E-state index contributed by atoms with van der Waals surface area (Å²) in [5.41, 5.74) is 2.39. The van der Waals surface area contributed by atoms with E-state index in [1.54, 1.807) is 11.3 Å². The molecule has 1 saturated carbocycles. The van der Waals surface area contributed by atoms with Crippen LogP contribution in [0.15, 0.2) is 11.7 Å². The minimum absolute atomic E-state index is 0.441. The molecule has 2 rings (SSSR count). The van der Waals surface area contributed by atoms with Crippen LogP contribution in [0.1, 0.15) is 43.9 Å². The number of aromatic nitrogens is 1. The molecular formula is C11H16BrNS. The topological polar surface area (TPSA) is 12.9 Å². The maximum absolute atomic E-state index is 4.19. The van der Waals surface area contributed by atoms with Crippen LogP contribution < -0.4 is 0 Å². The number of halogens is 1. The van der Waals surface area contributed by atoms with Crippen molar-refractivity contribution in [2.75, 3.05) is 0 Å². The Morgan fingerprint density at radius 3 is 3.00 bits per heavy atom. The predicted octanol–water partition coefficient (Wildman–Crippen LogP) is 4.20. The Kier molecular flexibility index (Phi) is 2.98. The molecule has 0 bridgehead atoms. The summed E-state index contributed by atoms with van der Waals surface area (Å²) in [6.45, 7) is 4.77. The van der Waals surface area contributed by atoms with E-state index in [0.29, 0.717) is 16.2 Å². The molecule has 3 heteroatoms. The predicted molar refractivity (Wildman–Crippen MR) is 65.2 cm³/mol. The van der Waals surface area contributed by atoms with Crippen LogP contribution in [0.2, 0.25) is 0 Å². The summed E-state index contributed by atoms with van der Waals surface area (Å²) in [5, 5.41) is 0. The van der Waals surface area contributed by atoms with Crippen molar-refractivity contribution in [1.29, 1.82) is 0 Å². The van der Waals surface area contributed by atoms with Crippen LogP contribution in [0.3, 0.4) is 0 Å². The summed E-state index contributed by atoms with van der Waals surface area (Å²) < 4.78 is 0. The molecule has 1 aliphatic carbocycles. The minimum Gasteiger partial charge on any atom is -0.253 e. The lowest BCUT2D eigenvalue weighted by Crippen LogP contribution is -2.29. The van der Waals surface area contributed by atoms with E-state index in [1.165, 1.54) is 24.1 Å². The molecule has 0 aromatic carbocycles. The van der Waals surface area contributed by atoms with Gasteiger partial charge in [0.15, 0.2) is 0 Å². The van der Waals surface area contributed by atoms with Crippen molar-refractivity contribution in [3.63, 3.8) is 0 Å². The van der Waals surface area contributed by atoms with E-state index in [4.69, 9.17) is 0 Å². The Morgan fingerprint density at radius 2 is 2.36 bits per heavy atom. The molecule has 0 spiro atoms. The first-order valence-corrected chi connectivity index (χ1v) is 6.91. The smallest absolute Gasteiger partial charge is 0.0794 e. The van der Waals surface area contributed by atoms with E-state index in [-0.39, 0.29) is 0 Å². The van der Waals surface area contributed by atoms with Crippen molar-refractivity contribution < 1.29 is 0 Å². The zero-order chi connectivity index (χ0) is 10.2. The van der Waals surface area contributed by atoms with E-state index < -0.39 is 0 Å². The number of hydrogen-bond acceptors (Lipinski definition) is 2. The number of rotatable bonds is 1. The molecular weight excluding hydrogens is 258 g/mol. The molecule has 0 saturated heterocycles. The second-order valence-corrected chi connectivity index (χ2v) is 7.03. The lowest BCUT2D eigenvalue weighted by atomic mass is 9.68. The third kappa shape index (κ3) is 2.03. The summed E-state index contributed by atoms with van der Waals surface area (Å²) >= 11 is 5.55. The zero-order valence-electron chi connectivity index (χ0n) is 8.66. The SMILES string of the molecule is CC1(C)CCC(Br)CC1c1cncs1. The molecule has 0 amide bonds. The van der Waals surface area contributed by atoms with Gasteiger partial charge in [-0.1, -0.05) is 29.8 Å². The van der Waals surface area contributed by atoms with E-state index in [0.717, 1.165) is 0 Å². The number of nitrogens with zero attached hydrogens (tertiary/aromatic N) is 1. The number of thiazole rings is 1. The van der Waals surface area contributed by atoms with E-state index in [9.17, 15) is 0 Å². The third-order valence-electron chi connectivity index (χ3n) is 3.33. The van der Waals surface area contributed by atoms with Crippen LogP contribution in [-0.2, 0) is 0 Å². The molecule has 0 N–H and O–H groups in total. The van der Waals surface area contributed by atoms with Gasteiger partial charge in [-0.3, -0.25) is 4.98 Å². The van der Waals surface area contributed by atoms with Crippen molar-refractivity contribution >= 4 is 27.3 Å². The molecule has 14 heavy (non-hydrogen) atoms.